The number of rotatable bonds is 8. The number of nitrogens with zero attached hydrogens (tertiary/aromatic N) is 5. The quantitative estimate of drug-likeness (QED) is 0.140. The van der Waals surface area contributed by atoms with Gasteiger partial charge in [0.2, 0.25) is 0 Å². The SMILES string of the molecule is N#Cc1ccc2c3c(cccc13)-c1ccc(-c3ccc(-c4cc5ccc6cc(-c7cccc(-c8ccccc8)n7)cc7ccc(c4)c5c67)cc3)cc1O2.N#Cc1ccc2c3c(cccc13)-c1ccc(-c3ccc(-c4cc5ccc6cc(-c7cccc(-c8ccncc8)n7)cc7ccc(c4)c5c67)cc3)cc1O2. The Morgan fingerprint density at radius 3 is 0.925 bits per heavy atom. The zero-order valence-electron chi connectivity index (χ0n) is 56.8. The van der Waals surface area contributed by atoms with Gasteiger partial charge in [-0.1, -0.05) is 188 Å². The molecule has 20 aromatic rings. The fourth-order valence-corrected chi connectivity index (χ4v) is 16.5. The normalized spacial score (nSPS) is 11.9. The molecule has 0 radical (unpaired) electrons. The summed E-state index contributed by atoms with van der Waals surface area (Å²) in [6, 6.07) is 118. The first kappa shape index (κ1) is 60.2. The smallest absolute Gasteiger partial charge is 0.136 e. The highest BCUT2D eigenvalue weighted by Gasteiger charge is 2.25. The molecule has 0 atom stereocenters. The number of ether oxygens (including phenoxy) is 2. The van der Waals surface area contributed by atoms with Crippen LogP contribution in [0.1, 0.15) is 11.1 Å². The molecule has 0 unspecified atom stereocenters. The number of fused-ring (bicyclic) bond motifs is 4. The third-order valence-electron chi connectivity index (χ3n) is 21.5. The molecule has 0 bridgehead atoms. The number of hydrogen-bond acceptors (Lipinski definition) is 7. The molecule has 0 spiro atoms. The third-order valence-corrected chi connectivity index (χ3v) is 21.5. The second-order valence-corrected chi connectivity index (χ2v) is 27.6. The summed E-state index contributed by atoms with van der Waals surface area (Å²) in [6.45, 7) is 0. The van der Waals surface area contributed by atoms with E-state index in [4.69, 9.17) is 19.4 Å². The maximum atomic E-state index is 9.65. The van der Waals surface area contributed by atoms with Crippen molar-refractivity contribution in [2.24, 2.45) is 0 Å². The summed E-state index contributed by atoms with van der Waals surface area (Å²) in [4.78, 5) is 14.2. The molecule has 0 N–H and O–H groups in total. The van der Waals surface area contributed by atoms with Crippen molar-refractivity contribution in [1.29, 1.82) is 10.5 Å². The first-order valence-corrected chi connectivity index (χ1v) is 35.5. The van der Waals surface area contributed by atoms with Crippen molar-refractivity contribution in [1.82, 2.24) is 15.0 Å². The van der Waals surface area contributed by atoms with E-state index in [9.17, 15) is 10.5 Å². The zero-order valence-corrected chi connectivity index (χ0v) is 56.8. The number of benzene rings is 17. The largest absolute Gasteiger partial charge is 0.456 e. The van der Waals surface area contributed by atoms with E-state index in [2.05, 4.69) is 266 Å². The van der Waals surface area contributed by atoms with Crippen LogP contribution in [0.5, 0.6) is 23.0 Å². The lowest BCUT2D eigenvalue weighted by Gasteiger charge is -2.22. The van der Waals surface area contributed by atoms with Crippen molar-refractivity contribution in [2.75, 3.05) is 0 Å². The summed E-state index contributed by atoms with van der Waals surface area (Å²) in [5, 5.41) is 38.1. The number of nitriles is 2. The highest BCUT2D eigenvalue weighted by atomic mass is 16.5. The monoisotopic (exact) mass is 1350 g/mol. The van der Waals surface area contributed by atoms with Crippen LogP contribution in [0.15, 0.2) is 334 Å². The van der Waals surface area contributed by atoms with Gasteiger partial charge in [-0.15, -0.1) is 0 Å². The molecule has 488 valence electrons. The van der Waals surface area contributed by atoms with Crippen LogP contribution in [0.3, 0.4) is 0 Å². The fourth-order valence-electron chi connectivity index (χ4n) is 16.5. The fraction of sp³-hybridized carbons (Fsp3) is 0. The van der Waals surface area contributed by atoms with Crippen LogP contribution in [-0.2, 0) is 0 Å². The lowest BCUT2D eigenvalue weighted by molar-refractivity contribution is 0.487. The molecule has 22 rings (SSSR count). The van der Waals surface area contributed by atoms with E-state index in [1.165, 1.54) is 86.9 Å². The molecule has 7 nitrogen and oxygen atoms in total. The van der Waals surface area contributed by atoms with Crippen molar-refractivity contribution in [2.45, 2.75) is 0 Å². The minimum Gasteiger partial charge on any atom is -0.456 e. The lowest BCUT2D eigenvalue weighted by Crippen LogP contribution is -1.98. The van der Waals surface area contributed by atoms with Gasteiger partial charge in [-0.2, -0.15) is 10.5 Å². The number of hydrogen-bond donors (Lipinski definition) is 0. The highest BCUT2D eigenvalue weighted by molar-refractivity contribution is 6.26. The van der Waals surface area contributed by atoms with Gasteiger partial charge < -0.3 is 9.47 Å². The van der Waals surface area contributed by atoms with Crippen molar-refractivity contribution < 1.29 is 9.47 Å². The minimum absolute atomic E-state index is 0.658. The Hall–Kier alpha value is -14.6. The molecule has 2 aliphatic rings. The van der Waals surface area contributed by atoms with E-state index in [1.807, 2.05) is 72.8 Å². The van der Waals surface area contributed by atoms with Gasteiger partial charge in [0.25, 0.3) is 0 Å². The van der Waals surface area contributed by atoms with Crippen LogP contribution in [-0.4, -0.2) is 15.0 Å². The molecular formula is C99H55N5O2. The Labute approximate surface area is 609 Å². The van der Waals surface area contributed by atoms with Gasteiger partial charge in [0, 0.05) is 67.3 Å². The van der Waals surface area contributed by atoms with E-state index in [-0.39, 0.29) is 0 Å². The van der Waals surface area contributed by atoms with Crippen molar-refractivity contribution in [3.05, 3.63) is 345 Å². The molecule has 0 saturated heterocycles. The first-order valence-electron chi connectivity index (χ1n) is 35.5. The first-order chi connectivity index (χ1) is 52.4. The van der Waals surface area contributed by atoms with Crippen molar-refractivity contribution >= 4 is 86.2 Å². The van der Waals surface area contributed by atoms with Gasteiger partial charge in [0.15, 0.2) is 0 Å². The Morgan fingerprint density at radius 2 is 0.547 bits per heavy atom. The Balaban J connectivity index is 0.000000136. The zero-order chi connectivity index (χ0) is 70.1. The molecule has 0 aliphatic carbocycles. The molecule has 7 heteroatoms. The van der Waals surface area contributed by atoms with Gasteiger partial charge in [0.1, 0.15) is 23.0 Å². The second kappa shape index (κ2) is 24.0. The molecule has 106 heavy (non-hydrogen) atoms. The van der Waals surface area contributed by atoms with Gasteiger partial charge in [0.05, 0.1) is 46.0 Å². The average Bonchev–Trinajstić information content (AvgIpc) is 0.764. The standard InChI is InChI=1S/C50H28N2O.C49H27N3O/c51-29-38-21-23-46-50-41(38)8-4-9-43(50)42-22-20-33(28-47(42)53-46)30-12-14-31(15-13-30)39-24-34-16-18-36-26-40(27-37-19-17-35(25-39)48(34)49(36)37)45-11-5-10-44(52-45)32-6-2-1-3-7-32;50-28-37-16-18-45-49-40(37)3-1-4-42(49)41-17-15-32(27-46(41)53-45)29-7-9-30(10-8-29)38-23-33-11-13-35-25-39(26-36-14-12-34(24-38)47(33)48(35)36)44-6-2-5-43(52-44)31-19-21-51-22-20-31/h1-28H;1-27H. The number of aromatic nitrogens is 3. The second-order valence-electron chi connectivity index (χ2n) is 27.6. The summed E-state index contributed by atoms with van der Waals surface area (Å²) in [5.74, 6) is 3.22. The molecule has 3 aromatic heterocycles. The predicted molar refractivity (Wildman–Crippen MR) is 433 cm³/mol. The Kier molecular flexibility index (Phi) is 13.6. The van der Waals surface area contributed by atoms with E-state index >= 15 is 0 Å². The van der Waals surface area contributed by atoms with Crippen LogP contribution in [0, 0.1) is 22.7 Å². The number of pyridine rings is 3. The molecule has 2 aliphatic heterocycles. The maximum absolute atomic E-state index is 9.65. The van der Waals surface area contributed by atoms with E-state index in [0.29, 0.717) is 11.1 Å². The molecular weight excluding hydrogens is 1290 g/mol. The topological polar surface area (TPSA) is 105 Å². The molecule has 17 aromatic carbocycles. The van der Waals surface area contributed by atoms with Gasteiger partial charge in [-0.05, 0) is 254 Å². The van der Waals surface area contributed by atoms with Crippen molar-refractivity contribution in [3.8, 4) is 147 Å². The summed E-state index contributed by atoms with van der Waals surface area (Å²) in [7, 11) is 0. The Morgan fingerprint density at radius 1 is 0.217 bits per heavy atom. The van der Waals surface area contributed by atoms with E-state index < -0.39 is 0 Å². The summed E-state index contributed by atoms with van der Waals surface area (Å²) in [6.07, 6.45) is 3.61. The van der Waals surface area contributed by atoms with E-state index in [1.54, 1.807) is 12.4 Å². The maximum Gasteiger partial charge on any atom is 0.136 e. The van der Waals surface area contributed by atoms with Gasteiger partial charge in [-0.25, -0.2) is 9.97 Å². The lowest BCUT2D eigenvalue weighted by atomic mass is 9.89. The predicted octanol–water partition coefficient (Wildman–Crippen LogP) is 26.3. The van der Waals surface area contributed by atoms with Crippen LogP contribution < -0.4 is 9.47 Å². The van der Waals surface area contributed by atoms with Gasteiger partial charge >= 0.3 is 0 Å². The third kappa shape index (κ3) is 9.91. The van der Waals surface area contributed by atoms with Crippen LogP contribution in [0.4, 0.5) is 0 Å². The van der Waals surface area contributed by atoms with Crippen LogP contribution >= 0.6 is 0 Å². The molecule has 0 amide bonds. The summed E-state index contributed by atoms with van der Waals surface area (Å²) in [5.41, 5.74) is 23.0. The molecule has 0 fully saturated rings. The highest BCUT2D eigenvalue weighted by Crippen LogP contribution is 2.51. The van der Waals surface area contributed by atoms with E-state index in [0.717, 1.165) is 134 Å². The minimum atomic E-state index is 0.658. The van der Waals surface area contributed by atoms with Crippen LogP contribution in [0.25, 0.3) is 198 Å². The van der Waals surface area contributed by atoms with Crippen molar-refractivity contribution in [3.63, 3.8) is 0 Å². The average molecular weight is 1350 g/mol. The summed E-state index contributed by atoms with van der Waals surface area (Å²) >= 11 is 0. The molecule has 5 heterocycles. The Bertz CT molecular complexity index is 6580. The van der Waals surface area contributed by atoms with Gasteiger partial charge in [-0.3, -0.25) is 4.98 Å². The summed E-state index contributed by atoms with van der Waals surface area (Å²) < 4.78 is 12.9. The van der Waals surface area contributed by atoms with Crippen LogP contribution in [0.2, 0.25) is 0 Å². The molecule has 0 saturated carbocycles.